The summed E-state index contributed by atoms with van der Waals surface area (Å²) in [6.45, 7) is 4.20. The predicted octanol–water partition coefficient (Wildman–Crippen LogP) is 4.63. The molecule has 0 fully saturated rings. The molecule has 0 aliphatic carbocycles. The Morgan fingerprint density at radius 3 is 1.94 bits per heavy atom. The molecule has 16 heavy (non-hydrogen) atoms. The van der Waals surface area contributed by atoms with Crippen LogP contribution in [0.4, 0.5) is 0 Å². The highest BCUT2D eigenvalue weighted by Crippen LogP contribution is 2.29. The molecule has 0 nitrogen and oxygen atoms in total. The Bertz CT molecular complexity index is 454. The van der Waals surface area contributed by atoms with Crippen molar-refractivity contribution in [3.63, 3.8) is 0 Å². The lowest BCUT2D eigenvalue weighted by atomic mass is 10.0. The molecule has 1 atom stereocenters. The van der Waals surface area contributed by atoms with Crippen molar-refractivity contribution in [2.24, 2.45) is 0 Å². The molecule has 82 valence electrons. The van der Waals surface area contributed by atoms with E-state index < -0.39 is 0 Å². The molecule has 0 aliphatic heterocycles. The van der Waals surface area contributed by atoms with E-state index >= 15 is 0 Å². The fourth-order valence-corrected chi connectivity index (χ4v) is 2.24. The largest absolute Gasteiger partial charge is 0.113 e. The van der Waals surface area contributed by atoms with E-state index in [1.807, 2.05) is 18.2 Å². The second-order valence-electron chi connectivity index (χ2n) is 4.19. The standard InChI is InChI=1S/C15H15Cl/c1-11-8-12(2)10-14(9-11)15(16)13-6-4-3-5-7-13/h3-10,15H,1-2H3. The zero-order valence-corrected chi connectivity index (χ0v) is 10.3. The Labute approximate surface area is 102 Å². The highest BCUT2D eigenvalue weighted by molar-refractivity contribution is 6.22. The van der Waals surface area contributed by atoms with E-state index in [1.54, 1.807) is 0 Å². The molecular formula is C15H15Cl. The Balaban J connectivity index is 2.37. The van der Waals surface area contributed by atoms with Crippen molar-refractivity contribution in [3.8, 4) is 0 Å². The van der Waals surface area contributed by atoms with Gasteiger partial charge < -0.3 is 0 Å². The molecule has 1 unspecified atom stereocenters. The van der Waals surface area contributed by atoms with Crippen molar-refractivity contribution in [2.75, 3.05) is 0 Å². The van der Waals surface area contributed by atoms with Gasteiger partial charge >= 0.3 is 0 Å². The maximum absolute atomic E-state index is 6.48. The number of aryl methyl sites for hydroxylation is 2. The first-order valence-electron chi connectivity index (χ1n) is 5.44. The van der Waals surface area contributed by atoms with Gasteiger partial charge in [0.15, 0.2) is 0 Å². The first kappa shape index (κ1) is 11.2. The topological polar surface area (TPSA) is 0 Å². The van der Waals surface area contributed by atoms with Crippen molar-refractivity contribution < 1.29 is 0 Å². The van der Waals surface area contributed by atoms with Crippen molar-refractivity contribution in [1.82, 2.24) is 0 Å². The van der Waals surface area contributed by atoms with Crippen LogP contribution in [0.25, 0.3) is 0 Å². The van der Waals surface area contributed by atoms with E-state index in [4.69, 9.17) is 11.6 Å². The number of benzene rings is 2. The first-order valence-corrected chi connectivity index (χ1v) is 5.87. The highest BCUT2D eigenvalue weighted by atomic mass is 35.5. The van der Waals surface area contributed by atoms with Crippen LogP contribution >= 0.6 is 11.6 Å². The summed E-state index contributed by atoms with van der Waals surface area (Å²) in [6, 6.07) is 16.6. The van der Waals surface area contributed by atoms with Gasteiger partial charge in [-0.3, -0.25) is 0 Å². The number of alkyl halides is 1. The molecule has 2 aromatic rings. The first-order chi connectivity index (χ1) is 7.66. The van der Waals surface area contributed by atoms with Gasteiger partial charge in [-0.15, -0.1) is 11.6 Å². The summed E-state index contributed by atoms with van der Waals surface area (Å²) in [4.78, 5) is 0. The lowest BCUT2D eigenvalue weighted by Gasteiger charge is -2.12. The number of hydrogen-bond donors (Lipinski definition) is 0. The van der Waals surface area contributed by atoms with Gasteiger partial charge in [0.1, 0.15) is 0 Å². The molecule has 0 spiro atoms. The molecule has 2 rings (SSSR count). The zero-order chi connectivity index (χ0) is 11.5. The molecule has 0 amide bonds. The van der Waals surface area contributed by atoms with Crippen molar-refractivity contribution in [1.29, 1.82) is 0 Å². The van der Waals surface area contributed by atoms with Crippen LogP contribution in [0.5, 0.6) is 0 Å². The van der Waals surface area contributed by atoms with Crippen LogP contribution in [0.15, 0.2) is 48.5 Å². The summed E-state index contributed by atoms with van der Waals surface area (Å²) in [6.07, 6.45) is 0. The Kier molecular flexibility index (Phi) is 3.31. The van der Waals surface area contributed by atoms with Gasteiger partial charge in [-0.2, -0.15) is 0 Å². The van der Waals surface area contributed by atoms with Gasteiger partial charge in [-0.05, 0) is 25.0 Å². The average Bonchev–Trinajstić information content (AvgIpc) is 2.28. The molecule has 0 heterocycles. The predicted molar refractivity (Wildman–Crippen MR) is 70.1 cm³/mol. The van der Waals surface area contributed by atoms with E-state index in [0.717, 1.165) is 5.56 Å². The summed E-state index contributed by atoms with van der Waals surface area (Å²) >= 11 is 6.48. The SMILES string of the molecule is Cc1cc(C)cc(C(Cl)c2ccccc2)c1. The minimum Gasteiger partial charge on any atom is -0.113 e. The minimum absolute atomic E-state index is 0.0557. The van der Waals surface area contributed by atoms with E-state index in [1.165, 1.54) is 16.7 Å². The summed E-state index contributed by atoms with van der Waals surface area (Å²) in [7, 11) is 0. The third-order valence-corrected chi connectivity index (χ3v) is 3.13. The summed E-state index contributed by atoms with van der Waals surface area (Å²) in [5.74, 6) is 0. The number of rotatable bonds is 2. The van der Waals surface area contributed by atoms with Gasteiger partial charge in [0.2, 0.25) is 0 Å². The van der Waals surface area contributed by atoms with E-state index in [0.29, 0.717) is 0 Å². The third kappa shape index (κ3) is 2.45. The Hall–Kier alpha value is -1.27. The van der Waals surface area contributed by atoms with E-state index in [-0.39, 0.29) is 5.38 Å². The van der Waals surface area contributed by atoms with Crippen LogP contribution < -0.4 is 0 Å². The second-order valence-corrected chi connectivity index (χ2v) is 4.63. The summed E-state index contributed by atoms with van der Waals surface area (Å²) < 4.78 is 0. The maximum atomic E-state index is 6.48. The molecule has 1 heteroatoms. The van der Waals surface area contributed by atoms with Crippen LogP contribution in [-0.4, -0.2) is 0 Å². The monoisotopic (exact) mass is 230 g/mol. The third-order valence-electron chi connectivity index (χ3n) is 2.63. The molecule has 0 aliphatic rings. The number of hydrogen-bond acceptors (Lipinski definition) is 0. The maximum Gasteiger partial charge on any atom is 0.0835 e. The highest BCUT2D eigenvalue weighted by Gasteiger charge is 2.10. The van der Waals surface area contributed by atoms with Crippen molar-refractivity contribution >= 4 is 11.6 Å². The molecule has 2 aromatic carbocycles. The number of halogens is 1. The lowest BCUT2D eigenvalue weighted by Crippen LogP contribution is -1.94. The molecule has 0 N–H and O–H groups in total. The fourth-order valence-electron chi connectivity index (χ4n) is 1.97. The zero-order valence-electron chi connectivity index (χ0n) is 9.57. The molecule has 0 saturated carbocycles. The van der Waals surface area contributed by atoms with Gasteiger partial charge in [-0.25, -0.2) is 0 Å². The molecule has 0 aromatic heterocycles. The Morgan fingerprint density at radius 2 is 1.38 bits per heavy atom. The van der Waals surface area contributed by atoms with Crippen LogP contribution in [-0.2, 0) is 0 Å². The summed E-state index contributed by atoms with van der Waals surface area (Å²) in [5, 5.41) is -0.0557. The van der Waals surface area contributed by atoms with Crippen molar-refractivity contribution in [3.05, 3.63) is 70.8 Å². The lowest BCUT2D eigenvalue weighted by molar-refractivity contribution is 1.12. The van der Waals surface area contributed by atoms with Gasteiger partial charge in [-0.1, -0.05) is 59.7 Å². The average molecular weight is 231 g/mol. The molecule has 0 bridgehead atoms. The van der Waals surface area contributed by atoms with E-state index in [2.05, 4.69) is 44.2 Å². The quantitative estimate of drug-likeness (QED) is 0.660. The molecule has 0 radical (unpaired) electrons. The van der Waals surface area contributed by atoms with Crippen LogP contribution in [0.3, 0.4) is 0 Å². The Morgan fingerprint density at radius 1 is 0.812 bits per heavy atom. The van der Waals surface area contributed by atoms with Gasteiger partial charge in [0.05, 0.1) is 5.38 Å². The van der Waals surface area contributed by atoms with Gasteiger partial charge in [0.25, 0.3) is 0 Å². The van der Waals surface area contributed by atoms with E-state index in [9.17, 15) is 0 Å². The van der Waals surface area contributed by atoms with Gasteiger partial charge in [0, 0.05) is 0 Å². The molecule has 0 saturated heterocycles. The molecular weight excluding hydrogens is 216 g/mol. The second kappa shape index (κ2) is 4.71. The van der Waals surface area contributed by atoms with Crippen LogP contribution in [0.2, 0.25) is 0 Å². The summed E-state index contributed by atoms with van der Waals surface area (Å²) in [5.41, 5.74) is 4.84. The smallest absolute Gasteiger partial charge is 0.0835 e. The van der Waals surface area contributed by atoms with Crippen LogP contribution in [0.1, 0.15) is 27.6 Å². The minimum atomic E-state index is -0.0557. The van der Waals surface area contributed by atoms with Crippen LogP contribution in [0, 0.1) is 13.8 Å². The van der Waals surface area contributed by atoms with Crippen molar-refractivity contribution in [2.45, 2.75) is 19.2 Å². The fraction of sp³-hybridized carbons (Fsp3) is 0.200. The normalized spacial score (nSPS) is 12.4.